The molecule has 0 aliphatic carbocycles. The number of rotatable bonds is 4. The average Bonchev–Trinajstić information content (AvgIpc) is 2.53. The van der Waals surface area contributed by atoms with E-state index in [1.54, 1.807) is 18.2 Å². The smallest absolute Gasteiger partial charge is 0.200 e. The van der Waals surface area contributed by atoms with E-state index in [0.717, 1.165) is 0 Å². The SMILES string of the molecule is Oc1cc(CNC(=S)C=Cc2cc(O)c(O)c(I)c2)cc(O)c1O. The highest BCUT2D eigenvalue weighted by atomic mass is 127. The van der Waals surface area contributed by atoms with Crippen molar-refractivity contribution in [3.8, 4) is 28.7 Å². The van der Waals surface area contributed by atoms with Gasteiger partial charge in [0, 0.05) is 6.54 Å². The summed E-state index contributed by atoms with van der Waals surface area (Å²) in [7, 11) is 0. The third-order valence-corrected chi connectivity index (χ3v) is 4.19. The molecule has 0 aliphatic heterocycles. The second-order valence-corrected chi connectivity index (χ2v) is 6.51. The predicted molar refractivity (Wildman–Crippen MR) is 102 cm³/mol. The van der Waals surface area contributed by atoms with Crippen LogP contribution in [0, 0.1) is 3.57 Å². The Morgan fingerprint density at radius 1 is 0.958 bits per heavy atom. The first-order chi connectivity index (χ1) is 11.3. The van der Waals surface area contributed by atoms with E-state index in [1.165, 1.54) is 18.2 Å². The maximum absolute atomic E-state index is 9.57. The molecule has 0 heterocycles. The number of hydrogen-bond acceptors (Lipinski definition) is 6. The molecule has 126 valence electrons. The fourth-order valence-corrected chi connectivity index (χ4v) is 2.66. The van der Waals surface area contributed by atoms with E-state index >= 15 is 0 Å². The normalized spacial score (nSPS) is 10.9. The summed E-state index contributed by atoms with van der Waals surface area (Å²) in [5, 5.41) is 50.2. The first kappa shape index (κ1) is 18.1. The van der Waals surface area contributed by atoms with Crippen molar-refractivity contribution in [1.82, 2.24) is 5.32 Å². The van der Waals surface area contributed by atoms with Crippen LogP contribution in [0.5, 0.6) is 28.7 Å². The lowest BCUT2D eigenvalue weighted by Crippen LogP contribution is -2.18. The van der Waals surface area contributed by atoms with Gasteiger partial charge < -0.3 is 30.8 Å². The lowest BCUT2D eigenvalue weighted by molar-refractivity contribution is 0.367. The van der Waals surface area contributed by atoms with Gasteiger partial charge in [0.15, 0.2) is 28.7 Å². The second-order valence-electron chi connectivity index (χ2n) is 4.90. The molecule has 0 saturated heterocycles. The van der Waals surface area contributed by atoms with Crippen LogP contribution in [0.3, 0.4) is 0 Å². The van der Waals surface area contributed by atoms with Crippen LogP contribution in [0.1, 0.15) is 11.1 Å². The molecule has 0 saturated carbocycles. The topological polar surface area (TPSA) is 113 Å². The standard InChI is InChI=1S/C16H14INO5S/c17-10-3-8(4-11(19)15(10)22)1-2-14(24)18-7-9-5-12(20)16(23)13(21)6-9/h1-6,19-23H,7H2,(H,18,24). The van der Waals surface area contributed by atoms with Crippen LogP contribution in [0.4, 0.5) is 0 Å². The van der Waals surface area contributed by atoms with E-state index in [0.29, 0.717) is 19.7 Å². The molecule has 2 rings (SSSR count). The summed E-state index contributed by atoms with van der Waals surface area (Å²) < 4.78 is 0.515. The molecule has 0 amide bonds. The van der Waals surface area contributed by atoms with Gasteiger partial charge in [-0.2, -0.15) is 0 Å². The molecule has 8 heteroatoms. The number of phenolic OH excluding ortho intramolecular Hbond substituents is 5. The first-order valence-electron chi connectivity index (χ1n) is 6.69. The Morgan fingerprint density at radius 2 is 1.54 bits per heavy atom. The van der Waals surface area contributed by atoms with E-state index in [-0.39, 0.29) is 18.0 Å². The maximum Gasteiger partial charge on any atom is 0.200 e. The van der Waals surface area contributed by atoms with Crippen molar-refractivity contribution in [3.05, 3.63) is 45.0 Å². The Kier molecular flexibility index (Phi) is 5.73. The van der Waals surface area contributed by atoms with Gasteiger partial charge in [-0.1, -0.05) is 18.3 Å². The lowest BCUT2D eigenvalue weighted by Gasteiger charge is -2.08. The van der Waals surface area contributed by atoms with E-state index in [1.807, 2.05) is 22.6 Å². The molecular formula is C16H14INO5S. The molecule has 0 aliphatic rings. The molecule has 6 N–H and O–H groups in total. The van der Waals surface area contributed by atoms with Gasteiger partial charge in [-0.15, -0.1) is 0 Å². The van der Waals surface area contributed by atoms with Crippen LogP contribution in [-0.2, 0) is 6.54 Å². The van der Waals surface area contributed by atoms with Crippen molar-refractivity contribution in [3.63, 3.8) is 0 Å². The minimum absolute atomic E-state index is 0.166. The summed E-state index contributed by atoms with van der Waals surface area (Å²) in [6.07, 6.45) is 3.28. The Morgan fingerprint density at radius 3 is 2.12 bits per heavy atom. The van der Waals surface area contributed by atoms with E-state index in [2.05, 4.69) is 5.32 Å². The molecule has 0 bridgehead atoms. The van der Waals surface area contributed by atoms with Gasteiger partial charge in [0.05, 0.1) is 8.56 Å². The van der Waals surface area contributed by atoms with Crippen LogP contribution in [0.2, 0.25) is 0 Å². The van der Waals surface area contributed by atoms with E-state index < -0.39 is 17.2 Å². The summed E-state index contributed by atoms with van der Waals surface area (Å²) >= 11 is 7.05. The molecule has 2 aromatic carbocycles. The third-order valence-electron chi connectivity index (χ3n) is 3.09. The van der Waals surface area contributed by atoms with Crippen LogP contribution in [-0.4, -0.2) is 30.5 Å². The number of phenols is 5. The molecule has 0 fully saturated rings. The van der Waals surface area contributed by atoms with E-state index in [4.69, 9.17) is 12.2 Å². The van der Waals surface area contributed by atoms with Crippen molar-refractivity contribution >= 4 is 45.9 Å². The van der Waals surface area contributed by atoms with Crippen LogP contribution in [0.15, 0.2) is 30.3 Å². The third kappa shape index (κ3) is 4.42. The summed E-state index contributed by atoms with van der Waals surface area (Å²) in [5.41, 5.74) is 1.20. The maximum atomic E-state index is 9.57. The summed E-state index contributed by atoms with van der Waals surface area (Å²) in [4.78, 5) is 0.393. The summed E-state index contributed by atoms with van der Waals surface area (Å²) in [6, 6.07) is 5.72. The molecule has 0 aromatic heterocycles. The quantitative estimate of drug-likeness (QED) is 0.180. The molecule has 24 heavy (non-hydrogen) atoms. The molecular weight excluding hydrogens is 445 g/mol. The summed E-state index contributed by atoms with van der Waals surface area (Å²) in [6.45, 7) is 0.239. The highest BCUT2D eigenvalue weighted by molar-refractivity contribution is 14.1. The first-order valence-corrected chi connectivity index (χ1v) is 8.18. The zero-order valence-electron chi connectivity index (χ0n) is 12.2. The number of thiocarbonyl (C=S) groups is 1. The van der Waals surface area contributed by atoms with Gasteiger partial charge in [-0.3, -0.25) is 0 Å². The highest BCUT2D eigenvalue weighted by Gasteiger charge is 2.08. The molecule has 0 atom stereocenters. The zero-order valence-corrected chi connectivity index (χ0v) is 15.2. The van der Waals surface area contributed by atoms with E-state index in [9.17, 15) is 25.5 Å². The Hall–Kier alpha value is -2.20. The number of hydrogen-bond donors (Lipinski definition) is 6. The Labute approximate surface area is 156 Å². The number of nitrogens with one attached hydrogen (secondary N) is 1. The number of halogens is 1. The monoisotopic (exact) mass is 459 g/mol. The molecule has 0 radical (unpaired) electrons. The molecule has 2 aromatic rings. The lowest BCUT2D eigenvalue weighted by atomic mass is 10.1. The number of benzene rings is 2. The molecule has 0 unspecified atom stereocenters. The van der Waals surface area contributed by atoms with Crippen LogP contribution < -0.4 is 5.32 Å². The minimum atomic E-state index is -0.567. The van der Waals surface area contributed by atoms with Crippen molar-refractivity contribution in [2.45, 2.75) is 6.54 Å². The minimum Gasteiger partial charge on any atom is -0.504 e. The fourth-order valence-electron chi connectivity index (χ4n) is 1.88. The number of aromatic hydroxyl groups is 5. The van der Waals surface area contributed by atoms with Gasteiger partial charge in [0.2, 0.25) is 0 Å². The Bertz CT molecular complexity index is 776. The fraction of sp³-hybridized carbons (Fsp3) is 0.0625. The van der Waals surface area contributed by atoms with Crippen molar-refractivity contribution in [1.29, 1.82) is 0 Å². The molecule has 6 nitrogen and oxygen atoms in total. The second kappa shape index (κ2) is 7.58. The zero-order chi connectivity index (χ0) is 17.9. The Balaban J connectivity index is 2.01. The van der Waals surface area contributed by atoms with Gasteiger partial charge in [0.1, 0.15) is 0 Å². The van der Waals surface area contributed by atoms with Gasteiger partial charge >= 0.3 is 0 Å². The van der Waals surface area contributed by atoms with Crippen LogP contribution in [0.25, 0.3) is 6.08 Å². The molecule has 0 spiro atoms. The predicted octanol–water partition coefficient (Wildman–Crippen LogP) is 2.95. The van der Waals surface area contributed by atoms with Crippen molar-refractivity contribution in [2.24, 2.45) is 0 Å². The highest BCUT2D eigenvalue weighted by Crippen LogP contribution is 2.35. The average molecular weight is 459 g/mol. The summed E-state index contributed by atoms with van der Waals surface area (Å²) in [5.74, 6) is -1.77. The van der Waals surface area contributed by atoms with Gasteiger partial charge in [0.25, 0.3) is 0 Å². The van der Waals surface area contributed by atoms with Crippen molar-refractivity contribution in [2.75, 3.05) is 0 Å². The largest absolute Gasteiger partial charge is 0.504 e. The van der Waals surface area contributed by atoms with Gasteiger partial charge in [-0.25, -0.2) is 0 Å². The van der Waals surface area contributed by atoms with Gasteiger partial charge in [-0.05, 0) is 64.1 Å². The van der Waals surface area contributed by atoms with Crippen molar-refractivity contribution < 1.29 is 25.5 Å². The van der Waals surface area contributed by atoms with Crippen LogP contribution >= 0.6 is 34.8 Å².